The van der Waals surface area contributed by atoms with Crippen LogP contribution in [0.3, 0.4) is 0 Å². The van der Waals surface area contributed by atoms with Crippen LogP contribution in [0, 0.1) is 0 Å². The second kappa shape index (κ2) is 10.3. The molecule has 2 heterocycles. The quantitative estimate of drug-likeness (QED) is 0.374. The molecular formula is C28H26F2N4O2. The minimum absolute atomic E-state index is 0.000560. The van der Waals surface area contributed by atoms with E-state index in [1.54, 1.807) is 12.1 Å². The lowest BCUT2D eigenvalue weighted by molar-refractivity contribution is -0.131. The number of rotatable bonds is 6. The van der Waals surface area contributed by atoms with Crippen molar-refractivity contribution in [3.05, 3.63) is 84.4 Å². The number of hydrogen-bond donors (Lipinski definition) is 0. The van der Waals surface area contributed by atoms with Gasteiger partial charge in [0.05, 0.1) is 6.42 Å². The Bertz CT molecular complexity index is 1350. The molecule has 1 saturated heterocycles. The predicted octanol–water partition coefficient (Wildman–Crippen LogP) is 5.18. The van der Waals surface area contributed by atoms with E-state index >= 15 is 0 Å². The number of alkyl halides is 2. The Kier molecular flexibility index (Phi) is 6.75. The van der Waals surface area contributed by atoms with Gasteiger partial charge in [-0.2, -0.15) is 8.78 Å². The molecule has 0 spiro atoms. The molecule has 3 aromatic carbocycles. The summed E-state index contributed by atoms with van der Waals surface area (Å²) in [6.45, 7) is 0.967. The van der Waals surface area contributed by atoms with Gasteiger partial charge in [0, 0.05) is 42.0 Å². The lowest BCUT2D eigenvalue weighted by atomic mass is 10.0. The zero-order chi connectivity index (χ0) is 25.1. The maximum Gasteiger partial charge on any atom is 0.387 e. The number of hydrogen-bond acceptors (Lipinski definition) is 5. The third-order valence-corrected chi connectivity index (χ3v) is 6.47. The van der Waals surface area contributed by atoms with E-state index in [0.29, 0.717) is 19.6 Å². The van der Waals surface area contributed by atoms with Gasteiger partial charge in [0.2, 0.25) is 5.91 Å². The van der Waals surface area contributed by atoms with Crippen LogP contribution in [0.2, 0.25) is 0 Å². The summed E-state index contributed by atoms with van der Waals surface area (Å²) in [5, 5.41) is 11.3. The Hall–Kier alpha value is -4.07. The molecule has 1 amide bonds. The molecule has 1 aliphatic rings. The number of carbonyl (C=O) groups is 1. The van der Waals surface area contributed by atoms with E-state index in [-0.39, 0.29) is 24.1 Å². The molecule has 184 valence electrons. The summed E-state index contributed by atoms with van der Waals surface area (Å²) < 4.78 is 29.1. The van der Waals surface area contributed by atoms with Crippen molar-refractivity contribution in [2.75, 3.05) is 24.5 Å². The Morgan fingerprint density at radius 3 is 2.33 bits per heavy atom. The van der Waals surface area contributed by atoms with E-state index in [1.165, 1.54) is 12.1 Å². The summed E-state index contributed by atoms with van der Waals surface area (Å²) >= 11 is 0. The average molecular weight is 489 g/mol. The molecule has 0 N–H and O–H groups in total. The first-order valence-corrected chi connectivity index (χ1v) is 11.9. The van der Waals surface area contributed by atoms with Gasteiger partial charge in [0.15, 0.2) is 5.82 Å². The van der Waals surface area contributed by atoms with Crippen molar-refractivity contribution in [1.29, 1.82) is 0 Å². The smallest absolute Gasteiger partial charge is 0.387 e. The van der Waals surface area contributed by atoms with Crippen LogP contribution in [0.1, 0.15) is 12.5 Å². The number of amides is 1. The number of ether oxygens (including phenoxy) is 1. The normalized spacial score (nSPS) is 15.9. The van der Waals surface area contributed by atoms with E-state index in [9.17, 15) is 13.6 Å². The number of benzene rings is 3. The van der Waals surface area contributed by atoms with E-state index in [4.69, 9.17) is 0 Å². The number of carbonyl (C=O) groups excluding carboxylic acids is 1. The van der Waals surface area contributed by atoms with Crippen molar-refractivity contribution >= 4 is 22.5 Å². The van der Waals surface area contributed by atoms with Crippen LogP contribution < -0.4 is 9.64 Å². The molecule has 0 aliphatic carbocycles. The predicted molar refractivity (Wildman–Crippen MR) is 135 cm³/mol. The number of nitrogens with zero attached hydrogens (tertiary/aromatic N) is 4. The fourth-order valence-corrected chi connectivity index (χ4v) is 4.69. The van der Waals surface area contributed by atoms with Gasteiger partial charge in [-0.05, 0) is 24.6 Å². The number of piperazine rings is 1. The molecule has 36 heavy (non-hydrogen) atoms. The maximum absolute atomic E-state index is 13.0. The summed E-state index contributed by atoms with van der Waals surface area (Å²) in [5.74, 6) is 0.897. The first kappa shape index (κ1) is 23.7. The van der Waals surface area contributed by atoms with Crippen LogP contribution in [0.4, 0.5) is 14.6 Å². The van der Waals surface area contributed by atoms with Gasteiger partial charge >= 0.3 is 6.61 Å². The second-order valence-corrected chi connectivity index (χ2v) is 8.87. The highest BCUT2D eigenvalue weighted by molar-refractivity contribution is 6.00. The first-order chi connectivity index (χ1) is 17.5. The highest BCUT2D eigenvalue weighted by atomic mass is 19.3. The fraction of sp³-hybridized carbons (Fsp3) is 0.250. The lowest BCUT2D eigenvalue weighted by Crippen LogP contribution is -2.54. The third-order valence-electron chi connectivity index (χ3n) is 6.47. The van der Waals surface area contributed by atoms with Gasteiger partial charge in [-0.1, -0.05) is 66.7 Å². The summed E-state index contributed by atoms with van der Waals surface area (Å²) in [5.41, 5.74) is 2.62. The van der Waals surface area contributed by atoms with Gasteiger partial charge in [-0.3, -0.25) is 4.79 Å². The minimum Gasteiger partial charge on any atom is -0.435 e. The molecule has 1 atom stereocenters. The number of anilines is 1. The van der Waals surface area contributed by atoms with Crippen LogP contribution in [0.15, 0.2) is 78.9 Å². The topological polar surface area (TPSA) is 58.6 Å². The van der Waals surface area contributed by atoms with Crippen molar-refractivity contribution in [2.24, 2.45) is 0 Å². The summed E-state index contributed by atoms with van der Waals surface area (Å²) in [7, 11) is 0. The standard InChI is InChI=1S/C28H26F2N4O2/c1-19-18-33(25(35)17-20-11-13-22(14-12-20)36-28(29)30)15-16-34(19)27-24-10-6-5-9-23(24)26(31-32-27)21-7-3-2-4-8-21/h2-14,19,28H,15-18H2,1H3/t19-/m0/s1. The zero-order valence-electron chi connectivity index (χ0n) is 19.8. The van der Waals surface area contributed by atoms with Crippen LogP contribution >= 0.6 is 0 Å². The third kappa shape index (κ3) is 4.98. The Labute approximate surface area is 208 Å². The fourth-order valence-electron chi connectivity index (χ4n) is 4.69. The molecule has 8 heteroatoms. The Balaban J connectivity index is 1.30. The van der Waals surface area contributed by atoms with Gasteiger partial charge in [-0.15, -0.1) is 10.2 Å². The van der Waals surface area contributed by atoms with Crippen molar-refractivity contribution in [3.63, 3.8) is 0 Å². The molecule has 0 saturated carbocycles. The van der Waals surface area contributed by atoms with E-state index in [0.717, 1.165) is 33.4 Å². The Morgan fingerprint density at radius 2 is 1.64 bits per heavy atom. The van der Waals surface area contributed by atoms with Crippen LogP contribution in [0.25, 0.3) is 22.0 Å². The summed E-state index contributed by atoms with van der Waals surface area (Å²) in [6, 6.07) is 24.4. The molecule has 1 aliphatic heterocycles. The molecule has 5 rings (SSSR count). The van der Waals surface area contributed by atoms with Crippen LogP contribution in [0.5, 0.6) is 5.75 Å². The Morgan fingerprint density at radius 1 is 0.944 bits per heavy atom. The van der Waals surface area contributed by atoms with Gasteiger partial charge < -0.3 is 14.5 Å². The van der Waals surface area contributed by atoms with Gasteiger partial charge in [-0.25, -0.2) is 0 Å². The van der Waals surface area contributed by atoms with Crippen molar-refractivity contribution in [1.82, 2.24) is 15.1 Å². The van der Waals surface area contributed by atoms with E-state index in [1.807, 2.05) is 47.4 Å². The van der Waals surface area contributed by atoms with Crippen molar-refractivity contribution in [3.8, 4) is 17.0 Å². The van der Waals surface area contributed by atoms with Gasteiger partial charge in [0.25, 0.3) is 0 Å². The summed E-state index contributed by atoms with van der Waals surface area (Å²) in [4.78, 5) is 17.0. The lowest BCUT2D eigenvalue weighted by Gasteiger charge is -2.40. The second-order valence-electron chi connectivity index (χ2n) is 8.87. The summed E-state index contributed by atoms with van der Waals surface area (Å²) in [6.07, 6.45) is 0.205. The molecule has 0 radical (unpaired) electrons. The van der Waals surface area contributed by atoms with Gasteiger partial charge in [0.1, 0.15) is 11.4 Å². The first-order valence-electron chi connectivity index (χ1n) is 11.9. The molecule has 0 unspecified atom stereocenters. The maximum atomic E-state index is 13.0. The largest absolute Gasteiger partial charge is 0.435 e. The zero-order valence-corrected chi connectivity index (χ0v) is 19.8. The van der Waals surface area contributed by atoms with Crippen LogP contribution in [-0.2, 0) is 11.2 Å². The molecule has 4 aromatic rings. The molecule has 0 bridgehead atoms. The highest BCUT2D eigenvalue weighted by Gasteiger charge is 2.29. The van der Waals surface area contributed by atoms with Crippen LogP contribution in [-0.4, -0.2) is 53.3 Å². The monoisotopic (exact) mass is 488 g/mol. The number of fused-ring (bicyclic) bond motifs is 1. The minimum atomic E-state index is -2.87. The van der Waals surface area contributed by atoms with Crippen molar-refractivity contribution < 1.29 is 18.3 Å². The van der Waals surface area contributed by atoms with Crippen molar-refractivity contribution in [2.45, 2.75) is 26.0 Å². The molecular weight excluding hydrogens is 462 g/mol. The highest BCUT2D eigenvalue weighted by Crippen LogP contribution is 2.32. The molecule has 1 aromatic heterocycles. The molecule has 1 fully saturated rings. The SMILES string of the molecule is C[C@H]1CN(C(=O)Cc2ccc(OC(F)F)cc2)CCN1c1nnc(-c2ccccc2)c2ccccc12. The average Bonchev–Trinajstić information content (AvgIpc) is 2.89. The van der Waals surface area contributed by atoms with E-state index < -0.39 is 6.61 Å². The number of halogens is 2. The molecule has 6 nitrogen and oxygen atoms in total. The number of aromatic nitrogens is 2. The van der Waals surface area contributed by atoms with E-state index in [2.05, 4.69) is 38.9 Å².